The first-order valence-electron chi connectivity index (χ1n) is 11.2. The van der Waals surface area contributed by atoms with Crippen molar-refractivity contribution in [3.8, 4) is 5.75 Å². The van der Waals surface area contributed by atoms with Crippen molar-refractivity contribution < 1.29 is 28.2 Å². The lowest BCUT2D eigenvalue weighted by Gasteiger charge is -2.37. The summed E-state index contributed by atoms with van der Waals surface area (Å²) in [6.45, 7) is 1.67. The molecule has 1 aromatic carbocycles. The van der Waals surface area contributed by atoms with E-state index in [0.717, 1.165) is 24.8 Å². The zero-order valence-corrected chi connectivity index (χ0v) is 19.5. The Hall–Kier alpha value is -2.49. The number of fused-ring (bicyclic) bond motifs is 1. The van der Waals surface area contributed by atoms with Gasteiger partial charge in [0.1, 0.15) is 24.8 Å². The average molecular weight is 477 g/mol. The van der Waals surface area contributed by atoms with Crippen LogP contribution in [0.2, 0.25) is 0 Å². The summed E-state index contributed by atoms with van der Waals surface area (Å²) < 4.78 is 30.2. The molecule has 1 aromatic heterocycles. The molecule has 7 nitrogen and oxygen atoms in total. The lowest BCUT2D eigenvalue weighted by Crippen LogP contribution is -2.49. The SMILES string of the molecule is COCC(=O)N(CC(=O)N1CCc2sccc2[C@@H]1COc1cccc(F)c1)C[C@H]1CCCO1. The van der Waals surface area contributed by atoms with Crippen LogP contribution in [0.3, 0.4) is 0 Å². The number of benzene rings is 1. The van der Waals surface area contributed by atoms with Gasteiger partial charge in [-0.2, -0.15) is 0 Å². The van der Waals surface area contributed by atoms with Crippen LogP contribution in [0.15, 0.2) is 35.7 Å². The van der Waals surface area contributed by atoms with Gasteiger partial charge in [0.15, 0.2) is 0 Å². The van der Waals surface area contributed by atoms with Gasteiger partial charge in [-0.1, -0.05) is 6.07 Å². The molecule has 9 heteroatoms. The quantitative estimate of drug-likeness (QED) is 0.557. The van der Waals surface area contributed by atoms with Crippen molar-refractivity contribution in [3.05, 3.63) is 52.0 Å². The van der Waals surface area contributed by atoms with E-state index in [1.807, 2.05) is 11.4 Å². The Kier molecular flexibility index (Phi) is 7.95. The minimum atomic E-state index is -0.373. The molecular weight excluding hydrogens is 447 g/mol. The van der Waals surface area contributed by atoms with Crippen molar-refractivity contribution in [2.45, 2.75) is 31.4 Å². The van der Waals surface area contributed by atoms with E-state index in [4.69, 9.17) is 14.2 Å². The van der Waals surface area contributed by atoms with Gasteiger partial charge in [0.05, 0.1) is 18.7 Å². The molecule has 1 fully saturated rings. The van der Waals surface area contributed by atoms with Crippen LogP contribution in [0.1, 0.15) is 29.3 Å². The second-order valence-electron chi connectivity index (χ2n) is 8.26. The summed E-state index contributed by atoms with van der Waals surface area (Å²) in [5.74, 6) is -0.342. The van der Waals surface area contributed by atoms with Gasteiger partial charge >= 0.3 is 0 Å². The first kappa shape index (κ1) is 23.7. The number of methoxy groups -OCH3 is 1. The van der Waals surface area contributed by atoms with E-state index in [0.29, 0.717) is 25.4 Å². The Morgan fingerprint density at radius 3 is 2.97 bits per heavy atom. The molecule has 0 unspecified atom stereocenters. The van der Waals surface area contributed by atoms with Crippen molar-refractivity contribution in [1.29, 1.82) is 0 Å². The third-order valence-electron chi connectivity index (χ3n) is 6.01. The molecule has 0 saturated carbocycles. The summed E-state index contributed by atoms with van der Waals surface area (Å²) in [6.07, 6.45) is 2.53. The summed E-state index contributed by atoms with van der Waals surface area (Å²) in [4.78, 5) is 30.6. The average Bonchev–Trinajstić information content (AvgIpc) is 3.49. The molecule has 0 spiro atoms. The molecule has 178 valence electrons. The second-order valence-corrected chi connectivity index (χ2v) is 9.26. The van der Waals surface area contributed by atoms with Crippen molar-refractivity contribution in [2.24, 2.45) is 0 Å². The number of thiophene rings is 1. The third-order valence-corrected chi connectivity index (χ3v) is 7.01. The normalized spacial score (nSPS) is 19.9. The molecule has 2 aliphatic rings. The van der Waals surface area contributed by atoms with Crippen molar-refractivity contribution in [1.82, 2.24) is 9.80 Å². The summed E-state index contributed by atoms with van der Waals surface area (Å²) >= 11 is 1.66. The summed E-state index contributed by atoms with van der Waals surface area (Å²) in [5, 5.41) is 2.01. The van der Waals surface area contributed by atoms with E-state index >= 15 is 0 Å². The fourth-order valence-corrected chi connectivity index (χ4v) is 5.29. The van der Waals surface area contributed by atoms with E-state index in [2.05, 4.69) is 0 Å². The van der Waals surface area contributed by atoms with E-state index in [1.54, 1.807) is 28.4 Å². The van der Waals surface area contributed by atoms with Crippen LogP contribution in [-0.4, -0.2) is 74.3 Å². The molecule has 33 heavy (non-hydrogen) atoms. The standard InChI is InChI=1S/C24H29FN2O5S/c1-30-16-24(29)26(13-19-6-3-10-31-19)14-23(28)27-9-7-22-20(8-11-33-22)21(27)15-32-18-5-2-4-17(25)12-18/h2,4-5,8,11-12,19,21H,3,6-7,9-10,13-16H2,1H3/t19-,21+/m1/s1. The molecule has 2 atom stereocenters. The number of amides is 2. The molecule has 4 rings (SSSR count). The number of nitrogens with zero attached hydrogens (tertiary/aromatic N) is 2. The monoisotopic (exact) mass is 476 g/mol. The first-order valence-corrected chi connectivity index (χ1v) is 12.1. The van der Waals surface area contributed by atoms with E-state index < -0.39 is 0 Å². The molecular formula is C24H29FN2O5S. The molecule has 3 heterocycles. The van der Waals surface area contributed by atoms with Gasteiger partial charge in [-0.25, -0.2) is 4.39 Å². The zero-order chi connectivity index (χ0) is 23.2. The molecule has 0 N–H and O–H groups in total. The predicted molar refractivity (Wildman–Crippen MR) is 122 cm³/mol. The molecule has 2 amide bonds. The van der Waals surface area contributed by atoms with Gasteiger partial charge in [-0.15, -0.1) is 11.3 Å². The van der Waals surface area contributed by atoms with Gasteiger partial charge in [0.25, 0.3) is 0 Å². The maximum Gasteiger partial charge on any atom is 0.249 e. The largest absolute Gasteiger partial charge is 0.491 e. The van der Waals surface area contributed by atoms with E-state index in [1.165, 1.54) is 29.0 Å². The van der Waals surface area contributed by atoms with Crippen LogP contribution in [0.5, 0.6) is 5.75 Å². The summed E-state index contributed by atoms with van der Waals surface area (Å²) in [7, 11) is 1.46. The highest BCUT2D eigenvalue weighted by atomic mass is 32.1. The Labute approximate surface area is 197 Å². The Morgan fingerprint density at radius 1 is 1.33 bits per heavy atom. The maximum atomic E-state index is 13.6. The summed E-state index contributed by atoms with van der Waals surface area (Å²) in [6, 6.07) is 7.68. The molecule has 1 saturated heterocycles. The first-order chi connectivity index (χ1) is 16.0. The number of carbonyl (C=O) groups excluding carboxylic acids is 2. The van der Waals surface area contributed by atoms with Crippen LogP contribution >= 0.6 is 11.3 Å². The molecule has 2 aromatic rings. The third kappa shape index (κ3) is 5.90. The number of rotatable bonds is 9. The van der Waals surface area contributed by atoms with E-state index in [-0.39, 0.29) is 49.5 Å². The minimum absolute atomic E-state index is 0.0437. The number of hydrogen-bond acceptors (Lipinski definition) is 6. The molecule has 2 aliphatic heterocycles. The van der Waals surface area contributed by atoms with Gasteiger partial charge in [-0.3, -0.25) is 9.59 Å². The van der Waals surface area contributed by atoms with E-state index in [9.17, 15) is 14.0 Å². The molecule has 0 bridgehead atoms. The zero-order valence-electron chi connectivity index (χ0n) is 18.7. The highest BCUT2D eigenvalue weighted by Crippen LogP contribution is 2.34. The van der Waals surface area contributed by atoms with Crippen molar-refractivity contribution in [3.63, 3.8) is 0 Å². The van der Waals surface area contributed by atoms with Crippen LogP contribution in [0.4, 0.5) is 4.39 Å². The smallest absolute Gasteiger partial charge is 0.249 e. The van der Waals surface area contributed by atoms with Crippen LogP contribution in [-0.2, 0) is 25.5 Å². The highest BCUT2D eigenvalue weighted by Gasteiger charge is 2.34. The second kappa shape index (κ2) is 11.1. The Bertz CT molecular complexity index is 962. The number of carbonyl (C=O) groups is 2. The van der Waals surface area contributed by atoms with Crippen LogP contribution in [0.25, 0.3) is 0 Å². The van der Waals surface area contributed by atoms with Crippen LogP contribution in [0, 0.1) is 5.82 Å². The summed E-state index contributed by atoms with van der Waals surface area (Å²) in [5.41, 5.74) is 1.05. The lowest BCUT2D eigenvalue weighted by molar-refractivity contribution is -0.145. The molecule has 0 radical (unpaired) electrons. The minimum Gasteiger partial charge on any atom is -0.491 e. The number of halogens is 1. The fourth-order valence-electron chi connectivity index (χ4n) is 4.36. The Balaban J connectivity index is 1.48. The highest BCUT2D eigenvalue weighted by molar-refractivity contribution is 7.10. The lowest BCUT2D eigenvalue weighted by atomic mass is 10.0. The number of ether oxygens (including phenoxy) is 3. The topological polar surface area (TPSA) is 68.3 Å². The van der Waals surface area contributed by atoms with Gasteiger partial charge < -0.3 is 24.0 Å². The van der Waals surface area contributed by atoms with Gasteiger partial charge in [0.2, 0.25) is 11.8 Å². The van der Waals surface area contributed by atoms with Crippen molar-refractivity contribution in [2.75, 3.05) is 46.6 Å². The van der Waals surface area contributed by atoms with Crippen LogP contribution < -0.4 is 4.74 Å². The number of hydrogen-bond donors (Lipinski definition) is 0. The van der Waals surface area contributed by atoms with Gasteiger partial charge in [0, 0.05) is 37.7 Å². The maximum absolute atomic E-state index is 13.6. The molecule has 0 aliphatic carbocycles. The Morgan fingerprint density at radius 2 is 2.21 bits per heavy atom. The predicted octanol–water partition coefficient (Wildman–Crippen LogP) is 3.05. The van der Waals surface area contributed by atoms with Crippen molar-refractivity contribution >= 4 is 23.2 Å². The fraction of sp³-hybridized carbons (Fsp3) is 0.500. The van der Waals surface area contributed by atoms with Gasteiger partial charge in [-0.05, 0) is 48.4 Å².